The van der Waals surface area contributed by atoms with E-state index in [1.165, 1.54) is 19.5 Å². The number of anilines is 1. The number of aliphatic hydroxyl groups is 1. The molecule has 0 aliphatic heterocycles. The second-order valence-corrected chi connectivity index (χ2v) is 9.84. The number of carbonyl (C=O) groups is 1. The Morgan fingerprint density at radius 2 is 1.69 bits per heavy atom. The van der Waals surface area contributed by atoms with Gasteiger partial charge in [-0.05, 0) is 44.2 Å². The predicted molar refractivity (Wildman–Crippen MR) is 154 cm³/mol. The number of nitrogens with one attached hydrogen (secondary N) is 1. The lowest BCUT2D eigenvalue weighted by molar-refractivity contribution is -0.138. The van der Waals surface area contributed by atoms with Gasteiger partial charge in [-0.3, -0.25) is 19.8 Å². The monoisotopic (exact) mass is 577 g/mol. The summed E-state index contributed by atoms with van der Waals surface area (Å²) >= 11 is 0. The van der Waals surface area contributed by atoms with Gasteiger partial charge in [0.25, 0.3) is 5.91 Å². The van der Waals surface area contributed by atoms with Crippen LogP contribution in [0.1, 0.15) is 40.9 Å². The number of amides is 1. The summed E-state index contributed by atoms with van der Waals surface area (Å²) < 4.78 is 56.2. The number of alkyl halides is 3. The molecule has 216 valence electrons. The van der Waals surface area contributed by atoms with Gasteiger partial charge in [-0.2, -0.15) is 13.2 Å². The first-order valence-corrected chi connectivity index (χ1v) is 12.6. The van der Waals surface area contributed by atoms with E-state index in [1.807, 2.05) is 0 Å². The standard InChI is InChI=1S/C31H27F4N5O2/c1-30(2,42)20-9-10-26(38-17-20)19-13-27(28(39-16-19)18-7-5-4-6-8-18)40-29(41)22-14-21(25(36)11-12-37-3)23(15-24(22)32)31(33,34)35/h4-17,42H,36H2,1-3H3,(H,40,41). The lowest BCUT2D eigenvalue weighted by Crippen LogP contribution is -2.19. The van der Waals surface area contributed by atoms with Gasteiger partial charge in [0.1, 0.15) is 5.82 Å². The molecule has 0 atom stereocenters. The van der Waals surface area contributed by atoms with Gasteiger partial charge in [0.15, 0.2) is 0 Å². The molecule has 0 bridgehead atoms. The molecule has 2 aromatic heterocycles. The molecule has 0 unspecified atom stereocenters. The van der Waals surface area contributed by atoms with Crippen molar-refractivity contribution in [1.82, 2.24) is 9.97 Å². The quantitative estimate of drug-likeness (QED) is 0.173. The number of carbonyl (C=O) groups excluding carboxylic acids is 1. The molecule has 4 aromatic rings. The number of nitrogens with zero attached hydrogens (tertiary/aromatic N) is 3. The minimum atomic E-state index is -4.93. The average molecular weight is 578 g/mol. The van der Waals surface area contributed by atoms with E-state index >= 15 is 4.39 Å². The first kappa shape index (κ1) is 30.1. The van der Waals surface area contributed by atoms with Crippen LogP contribution >= 0.6 is 0 Å². The van der Waals surface area contributed by atoms with Gasteiger partial charge in [-0.1, -0.05) is 36.4 Å². The number of benzene rings is 2. The van der Waals surface area contributed by atoms with Gasteiger partial charge in [0.2, 0.25) is 0 Å². The molecule has 4 rings (SSSR count). The highest BCUT2D eigenvalue weighted by Gasteiger charge is 2.36. The second kappa shape index (κ2) is 11.9. The number of halogens is 4. The highest BCUT2D eigenvalue weighted by atomic mass is 19.4. The molecule has 4 N–H and O–H groups in total. The molecule has 2 heterocycles. The van der Waals surface area contributed by atoms with Gasteiger partial charge in [-0.15, -0.1) is 0 Å². The molecule has 0 radical (unpaired) electrons. The lowest BCUT2D eigenvalue weighted by Gasteiger charge is -2.18. The number of pyridine rings is 2. The maximum absolute atomic E-state index is 15.0. The van der Waals surface area contributed by atoms with Gasteiger partial charge in [0.05, 0.1) is 33.8 Å². The minimum Gasteiger partial charge on any atom is -0.398 e. The van der Waals surface area contributed by atoms with Gasteiger partial charge >= 0.3 is 6.18 Å². The Labute approximate surface area is 239 Å². The van der Waals surface area contributed by atoms with Crippen molar-refractivity contribution in [2.45, 2.75) is 25.6 Å². The Morgan fingerprint density at radius 1 is 0.976 bits per heavy atom. The highest BCUT2D eigenvalue weighted by Crippen LogP contribution is 2.36. The van der Waals surface area contributed by atoms with Crippen LogP contribution in [0.5, 0.6) is 0 Å². The Bertz CT molecular complexity index is 1660. The number of aromatic nitrogens is 2. The number of hydrogen-bond acceptors (Lipinski definition) is 6. The summed E-state index contributed by atoms with van der Waals surface area (Å²) in [7, 11) is 1.40. The summed E-state index contributed by atoms with van der Waals surface area (Å²) in [5.74, 6) is -2.39. The van der Waals surface area contributed by atoms with E-state index in [0.717, 1.165) is 12.1 Å². The number of aliphatic imine (C=N–C) groups is 1. The second-order valence-electron chi connectivity index (χ2n) is 9.84. The topological polar surface area (TPSA) is 113 Å². The molecular formula is C31H27F4N5O2. The van der Waals surface area contributed by atoms with Crippen LogP contribution in [0, 0.1) is 5.82 Å². The SMILES string of the molecule is CN=CC=C(N)c1cc(C(=O)Nc2cc(-c3ccc(C(C)(C)O)cn3)cnc2-c2ccccc2)c(F)cc1C(F)(F)F. The molecule has 42 heavy (non-hydrogen) atoms. The van der Waals surface area contributed by atoms with E-state index in [9.17, 15) is 23.1 Å². The number of rotatable bonds is 7. The van der Waals surface area contributed by atoms with Crippen molar-refractivity contribution in [3.8, 4) is 22.5 Å². The number of hydrogen-bond donors (Lipinski definition) is 3. The Balaban J connectivity index is 1.80. The van der Waals surface area contributed by atoms with Crippen molar-refractivity contribution in [1.29, 1.82) is 0 Å². The van der Waals surface area contributed by atoms with E-state index in [-0.39, 0.29) is 17.5 Å². The molecule has 0 saturated heterocycles. The van der Waals surface area contributed by atoms with E-state index in [4.69, 9.17) is 5.73 Å². The molecule has 1 amide bonds. The van der Waals surface area contributed by atoms with Crippen LogP contribution in [-0.2, 0) is 11.8 Å². The fourth-order valence-electron chi connectivity index (χ4n) is 4.11. The fraction of sp³-hybridized carbons (Fsp3) is 0.161. The van der Waals surface area contributed by atoms with E-state index in [2.05, 4.69) is 20.3 Å². The van der Waals surface area contributed by atoms with Gasteiger partial charge < -0.3 is 16.2 Å². The third kappa shape index (κ3) is 6.69. The van der Waals surface area contributed by atoms with Gasteiger partial charge in [-0.25, -0.2) is 4.39 Å². The van der Waals surface area contributed by atoms with Crippen LogP contribution < -0.4 is 11.1 Å². The summed E-state index contributed by atoms with van der Waals surface area (Å²) in [6.07, 6.45) is 0.436. The summed E-state index contributed by atoms with van der Waals surface area (Å²) in [5.41, 5.74) is 4.54. The third-order valence-electron chi connectivity index (χ3n) is 6.32. The first-order chi connectivity index (χ1) is 19.8. The number of nitrogens with two attached hydrogens (primary N) is 1. The lowest BCUT2D eigenvalue weighted by atomic mass is 9.99. The molecule has 0 aliphatic carbocycles. The van der Waals surface area contributed by atoms with Crippen LogP contribution in [0.4, 0.5) is 23.2 Å². The van der Waals surface area contributed by atoms with Crippen LogP contribution in [0.2, 0.25) is 0 Å². The minimum absolute atomic E-state index is 0.166. The summed E-state index contributed by atoms with van der Waals surface area (Å²) in [5, 5.41) is 12.8. The molecule has 0 spiro atoms. The Kier molecular flexibility index (Phi) is 8.53. The zero-order valence-electron chi connectivity index (χ0n) is 22.9. The molecule has 0 saturated carbocycles. The number of allylic oxidation sites excluding steroid dienone is 1. The molecule has 2 aromatic carbocycles. The molecule has 0 aliphatic rings. The maximum atomic E-state index is 15.0. The Morgan fingerprint density at radius 3 is 2.29 bits per heavy atom. The zero-order valence-corrected chi connectivity index (χ0v) is 22.9. The van der Waals surface area contributed by atoms with Crippen molar-refractivity contribution >= 4 is 23.5 Å². The van der Waals surface area contributed by atoms with Crippen LogP contribution in [0.3, 0.4) is 0 Å². The smallest absolute Gasteiger partial charge is 0.398 e. The Hall–Kier alpha value is -4.90. The first-order valence-electron chi connectivity index (χ1n) is 12.6. The van der Waals surface area contributed by atoms with Crippen LogP contribution in [0.25, 0.3) is 28.2 Å². The zero-order chi connectivity index (χ0) is 30.7. The largest absolute Gasteiger partial charge is 0.417 e. The van der Waals surface area contributed by atoms with Gasteiger partial charge in [0, 0.05) is 53.6 Å². The van der Waals surface area contributed by atoms with E-state index < -0.39 is 40.2 Å². The van der Waals surface area contributed by atoms with E-state index in [0.29, 0.717) is 28.1 Å². The summed E-state index contributed by atoms with van der Waals surface area (Å²) in [4.78, 5) is 25.9. The molecule has 11 heteroatoms. The fourth-order valence-corrected chi connectivity index (χ4v) is 4.11. The van der Waals surface area contributed by atoms with E-state index in [1.54, 1.807) is 68.6 Å². The molecule has 7 nitrogen and oxygen atoms in total. The maximum Gasteiger partial charge on any atom is 0.417 e. The molecular weight excluding hydrogens is 550 g/mol. The normalized spacial score (nSPS) is 12.5. The average Bonchev–Trinajstić information content (AvgIpc) is 2.95. The summed E-state index contributed by atoms with van der Waals surface area (Å²) in [6.45, 7) is 3.25. The van der Waals surface area contributed by atoms with Crippen molar-refractivity contribution in [3.05, 3.63) is 107 Å². The van der Waals surface area contributed by atoms with Crippen LogP contribution in [0.15, 0.2) is 84.1 Å². The summed E-state index contributed by atoms with van der Waals surface area (Å²) in [6, 6.07) is 14.8. The van der Waals surface area contributed by atoms with Crippen molar-refractivity contribution in [2.75, 3.05) is 12.4 Å². The molecule has 0 fully saturated rings. The highest BCUT2D eigenvalue weighted by molar-refractivity contribution is 6.07. The van der Waals surface area contributed by atoms with Crippen molar-refractivity contribution in [3.63, 3.8) is 0 Å². The van der Waals surface area contributed by atoms with Crippen molar-refractivity contribution < 1.29 is 27.5 Å². The van der Waals surface area contributed by atoms with Crippen LogP contribution in [-0.4, -0.2) is 34.2 Å². The van der Waals surface area contributed by atoms with Crippen molar-refractivity contribution in [2.24, 2.45) is 10.7 Å². The predicted octanol–water partition coefficient (Wildman–Crippen LogP) is 6.45. The third-order valence-corrected chi connectivity index (χ3v) is 6.32.